The van der Waals surface area contributed by atoms with E-state index >= 15 is 0 Å². The Morgan fingerprint density at radius 3 is 2.71 bits per heavy atom. The Hall–Kier alpha value is -1.44. The van der Waals surface area contributed by atoms with E-state index in [4.69, 9.17) is 0 Å². The number of rotatable bonds is 3. The molecule has 0 aliphatic rings. The number of hydrogen-bond acceptors (Lipinski definition) is 4. The smallest absolute Gasteiger partial charge is 0.294 e. The summed E-state index contributed by atoms with van der Waals surface area (Å²) in [4.78, 5) is 0.499. The number of sulfonamides is 1. The lowest BCUT2D eigenvalue weighted by molar-refractivity contribution is 0.598. The van der Waals surface area contributed by atoms with Crippen LogP contribution in [0.5, 0.6) is 0 Å². The summed E-state index contributed by atoms with van der Waals surface area (Å²) in [5.41, 5.74) is 2.26. The van der Waals surface area contributed by atoms with Gasteiger partial charge in [-0.05, 0) is 29.5 Å². The number of nitrogens with zero attached hydrogens (tertiary/aromatic N) is 2. The van der Waals surface area contributed by atoms with E-state index in [9.17, 15) is 8.42 Å². The van der Waals surface area contributed by atoms with E-state index in [1.165, 1.54) is 28.2 Å². The summed E-state index contributed by atoms with van der Waals surface area (Å²) >= 11 is 2.58. The second-order valence-electron chi connectivity index (χ2n) is 4.56. The summed E-state index contributed by atoms with van der Waals surface area (Å²) in [6.45, 7) is 2.09. The standard InChI is InChI=1S/C14H14N2O2S3/c1-3-10-6-4-7-11-13(10)16(2)14(20-11)15-21(17,18)12-8-5-9-19-12/h4-9H,3H2,1-2H3/b15-14-. The highest BCUT2D eigenvalue weighted by atomic mass is 32.2. The molecule has 21 heavy (non-hydrogen) atoms. The molecule has 0 radical (unpaired) electrons. The first kappa shape index (κ1) is 14.5. The Balaban J connectivity index is 2.27. The molecule has 1 aromatic carbocycles. The van der Waals surface area contributed by atoms with Crippen LogP contribution in [-0.2, 0) is 23.5 Å². The van der Waals surface area contributed by atoms with Gasteiger partial charge in [0.1, 0.15) is 4.21 Å². The number of benzene rings is 1. The second kappa shape index (κ2) is 5.40. The van der Waals surface area contributed by atoms with Gasteiger partial charge >= 0.3 is 0 Å². The third-order valence-corrected chi connectivity index (χ3v) is 7.09. The van der Waals surface area contributed by atoms with Crippen LogP contribution in [0.15, 0.2) is 44.3 Å². The third-order valence-electron chi connectivity index (χ3n) is 3.23. The highest BCUT2D eigenvalue weighted by molar-refractivity contribution is 7.92. The van der Waals surface area contributed by atoms with Crippen LogP contribution < -0.4 is 4.80 Å². The molecule has 0 spiro atoms. The molecule has 4 nitrogen and oxygen atoms in total. The first-order valence-electron chi connectivity index (χ1n) is 6.45. The molecule has 0 amide bonds. The number of thiophene rings is 1. The van der Waals surface area contributed by atoms with Crippen molar-refractivity contribution in [3.8, 4) is 0 Å². The average Bonchev–Trinajstić information content (AvgIpc) is 3.08. The number of thiazole rings is 1. The SMILES string of the molecule is CCc1cccc2s/c(=N\S(=O)(=O)c3cccs3)n(C)c12. The van der Waals surface area contributed by atoms with Crippen LogP contribution in [-0.4, -0.2) is 13.0 Å². The summed E-state index contributed by atoms with van der Waals surface area (Å²) in [6.07, 6.45) is 0.902. The zero-order valence-electron chi connectivity index (χ0n) is 11.6. The van der Waals surface area contributed by atoms with E-state index in [2.05, 4.69) is 17.4 Å². The maximum absolute atomic E-state index is 12.3. The molecule has 7 heteroatoms. The van der Waals surface area contributed by atoms with Crippen molar-refractivity contribution in [1.82, 2.24) is 4.57 Å². The van der Waals surface area contributed by atoms with E-state index in [0.717, 1.165) is 16.6 Å². The monoisotopic (exact) mass is 338 g/mol. The van der Waals surface area contributed by atoms with Crippen LogP contribution in [0.3, 0.4) is 0 Å². The summed E-state index contributed by atoms with van der Waals surface area (Å²) in [5, 5.41) is 1.74. The Labute approximate surface area is 131 Å². The van der Waals surface area contributed by atoms with Gasteiger partial charge in [0.2, 0.25) is 4.80 Å². The molecule has 0 fully saturated rings. The third kappa shape index (κ3) is 2.56. The van der Waals surface area contributed by atoms with Crippen molar-refractivity contribution in [3.05, 3.63) is 46.1 Å². The maximum atomic E-state index is 12.3. The Bertz CT molecular complexity index is 948. The van der Waals surface area contributed by atoms with Crippen molar-refractivity contribution in [3.63, 3.8) is 0 Å². The van der Waals surface area contributed by atoms with Crippen molar-refractivity contribution >= 4 is 42.9 Å². The quantitative estimate of drug-likeness (QED) is 0.736. The van der Waals surface area contributed by atoms with Gasteiger partial charge in [0, 0.05) is 7.05 Å². The first-order chi connectivity index (χ1) is 10.0. The molecule has 0 saturated carbocycles. The van der Waals surface area contributed by atoms with E-state index in [0.29, 0.717) is 4.80 Å². The van der Waals surface area contributed by atoms with Gasteiger partial charge in [-0.25, -0.2) is 0 Å². The largest absolute Gasteiger partial charge is 0.319 e. The van der Waals surface area contributed by atoms with Gasteiger partial charge in [0.25, 0.3) is 10.0 Å². The van der Waals surface area contributed by atoms with Gasteiger partial charge in [-0.1, -0.05) is 36.5 Å². The number of aromatic nitrogens is 1. The second-order valence-corrected chi connectivity index (χ2v) is 8.35. The minimum absolute atomic E-state index is 0.274. The lowest BCUT2D eigenvalue weighted by Gasteiger charge is -2.01. The Morgan fingerprint density at radius 1 is 1.24 bits per heavy atom. The molecule has 0 aliphatic carbocycles. The van der Waals surface area contributed by atoms with Crippen LogP contribution >= 0.6 is 22.7 Å². The number of para-hydroxylation sites is 1. The van der Waals surface area contributed by atoms with E-state index in [1.807, 2.05) is 23.7 Å². The van der Waals surface area contributed by atoms with Crippen molar-refractivity contribution in [2.75, 3.05) is 0 Å². The fourth-order valence-corrected chi connectivity index (χ4v) is 5.48. The molecule has 0 bridgehead atoms. The van der Waals surface area contributed by atoms with Crippen LogP contribution in [0, 0.1) is 0 Å². The maximum Gasteiger partial charge on any atom is 0.294 e. The molecule has 2 aromatic heterocycles. The van der Waals surface area contributed by atoms with Gasteiger partial charge in [-0.3, -0.25) is 0 Å². The Kier molecular flexibility index (Phi) is 3.73. The van der Waals surface area contributed by atoms with Crippen LogP contribution in [0.1, 0.15) is 12.5 Å². The Morgan fingerprint density at radius 2 is 2.05 bits per heavy atom. The molecule has 0 aliphatic heterocycles. The minimum atomic E-state index is -3.63. The lowest BCUT2D eigenvalue weighted by Crippen LogP contribution is -2.13. The van der Waals surface area contributed by atoms with E-state index in [1.54, 1.807) is 17.5 Å². The average molecular weight is 338 g/mol. The van der Waals surface area contributed by atoms with Crippen LogP contribution in [0.2, 0.25) is 0 Å². The molecule has 0 unspecified atom stereocenters. The topological polar surface area (TPSA) is 51.4 Å². The molecule has 3 rings (SSSR count). The molecule has 0 atom stereocenters. The van der Waals surface area contributed by atoms with Gasteiger partial charge in [0.05, 0.1) is 10.2 Å². The van der Waals surface area contributed by atoms with Crippen molar-refractivity contribution in [1.29, 1.82) is 0 Å². The zero-order valence-corrected chi connectivity index (χ0v) is 14.1. The molecule has 0 saturated heterocycles. The highest BCUT2D eigenvalue weighted by Gasteiger charge is 2.15. The van der Waals surface area contributed by atoms with Crippen molar-refractivity contribution in [2.24, 2.45) is 11.4 Å². The predicted molar refractivity (Wildman–Crippen MR) is 87.2 cm³/mol. The van der Waals surface area contributed by atoms with Gasteiger partial charge in [-0.15, -0.1) is 15.7 Å². The summed E-state index contributed by atoms with van der Waals surface area (Å²) in [5.74, 6) is 0. The molecule has 0 N–H and O–H groups in total. The number of aryl methyl sites for hydroxylation is 2. The lowest BCUT2D eigenvalue weighted by atomic mass is 10.1. The minimum Gasteiger partial charge on any atom is -0.319 e. The summed E-state index contributed by atoms with van der Waals surface area (Å²) in [6, 6.07) is 9.35. The highest BCUT2D eigenvalue weighted by Crippen LogP contribution is 2.22. The summed E-state index contributed by atoms with van der Waals surface area (Å²) < 4.78 is 31.8. The van der Waals surface area contributed by atoms with Crippen molar-refractivity contribution < 1.29 is 8.42 Å². The van der Waals surface area contributed by atoms with Gasteiger partial charge in [0.15, 0.2) is 0 Å². The molecular weight excluding hydrogens is 324 g/mol. The normalized spacial score (nSPS) is 13.1. The zero-order chi connectivity index (χ0) is 15.0. The van der Waals surface area contributed by atoms with Gasteiger partial charge < -0.3 is 4.57 Å². The van der Waals surface area contributed by atoms with Crippen LogP contribution in [0.25, 0.3) is 10.2 Å². The first-order valence-corrected chi connectivity index (χ1v) is 9.58. The molecule has 110 valence electrons. The van der Waals surface area contributed by atoms with E-state index < -0.39 is 10.0 Å². The fourth-order valence-electron chi connectivity index (χ4n) is 2.22. The number of fused-ring (bicyclic) bond motifs is 1. The van der Waals surface area contributed by atoms with E-state index in [-0.39, 0.29) is 4.21 Å². The fraction of sp³-hybridized carbons (Fsp3) is 0.214. The van der Waals surface area contributed by atoms with Crippen molar-refractivity contribution in [2.45, 2.75) is 17.6 Å². The molecule has 2 heterocycles. The predicted octanol–water partition coefficient (Wildman–Crippen LogP) is 3.15. The number of hydrogen-bond donors (Lipinski definition) is 0. The van der Waals surface area contributed by atoms with Gasteiger partial charge in [-0.2, -0.15) is 8.42 Å². The van der Waals surface area contributed by atoms with Crippen LogP contribution in [0.4, 0.5) is 0 Å². The molecular formula is C14H14N2O2S3. The summed E-state index contributed by atoms with van der Waals surface area (Å²) in [7, 11) is -1.76. The molecule has 3 aromatic rings.